The predicted octanol–water partition coefficient (Wildman–Crippen LogP) is -0.231. The number of likely N-dealkylation sites (N-methyl/N-ethyl adjacent to an activating group) is 1. The Morgan fingerprint density at radius 2 is 2.28 bits per heavy atom. The van der Waals surface area contributed by atoms with Crippen molar-refractivity contribution < 1.29 is 4.79 Å². The van der Waals surface area contributed by atoms with Crippen molar-refractivity contribution >= 4 is 18.3 Å². The smallest absolute Gasteiger partial charge is 0.272 e. The van der Waals surface area contributed by atoms with E-state index in [0.29, 0.717) is 12.2 Å². The van der Waals surface area contributed by atoms with Gasteiger partial charge in [0.05, 0.1) is 0 Å². The molecule has 1 aromatic rings. The van der Waals surface area contributed by atoms with Crippen LogP contribution in [0.2, 0.25) is 0 Å². The molecule has 0 aromatic carbocycles. The second-order valence-electron chi connectivity index (χ2n) is 4.52. The van der Waals surface area contributed by atoms with E-state index in [4.69, 9.17) is 0 Å². The Hall–Kier alpha value is -1.11. The summed E-state index contributed by atoms with van der Waals surface area (Å²) in [6.07, 6.45) is 0.910. The topological polar surface area (TPSA) is 73.0 Å². The van der Waals surface area contributed by atoms with Crippen LogP contribution in [-0.2, 0) is 13.0 Å². The number of aromatic nitrogens is 2. The first-order chi connectivity index (χ1) is 8.18. The number of fused-ring (bicyclic) bond motifs is 1. The highest BCUT2D eigenvalue weighted by Gasteiger charge is 2.20. The highest BCUT2D eigenvalue weighted by atomic mass is 35.5. The number of nitrogens with zero attached hydrogens (tertiary/aromatic N) is 2. The van der Waals surface area contributed by atoms with E-state index in [1.165, 1.54) is 0 Å². The molecule has 0 saturated carbocycles. The van der Waals surface area contributed by atoms with Gasteiger partial charge in [-0.05, 0) is 14.1 Å². The van der Waals surface area contributed by atoms with Crippen LogP contribution in [-0.4, -0.2) is 54.7 Å². The van der Waals surface area contributed by atoms with Crippen molar-refractivity contribution in [3.05, 3.63) is 17.0 Å². The van der Waals surface area contributed by atoms with E-state index in [2.05, 4.69) is 20.8 Å². The lowest BCUT2D eigenvalue weighted by Gasteiger charge is -2.13. The van der Waals surface area contributed by atoms with Crippen LogP contribution in [0.5, 0.6) is 0 Å². The number of carbonyl (C=O) groups is 1. The minimum absolute atomic E-state index is 0. The van der Waals surface area contributed by atoms with Crippen LogP contribution in [0.4, 0.5) is 0 Å². The van der Waals surface area contributed by atoms with Gasteiger partial charge in [0.15, 0.2) is 5.69 Å². The van der Waals surface area contributed by atoms with Crippen molar-refractivity contribution in [2.24, 2.45) is 0 Å². The summed E-state index contributed by atoms with van der Waals surface area (Å²) in [5, 5.41) is 13.2. The molecule has 18 heavy (non-hydrogen) atoms. The first-order valence-electron chi connectivity index (χ1n) is 5.88. The van der Waals surface area contributed by atoms with Crippen LogP contribution < -0.4 is 10.6 Å². The van der Waals surface area contributed by atoms with Crippen molar-refractivity contribution in [1.82, 2.24) is 25.7 Å². The minimum atomic E-state index is -0.0898. The highest BCUT2D eigenvalue weighted by Crippen LogP contribution is 2.14. The number of aromatic amines is 1. The molecule has 0 saturated heterocycles. The lowest BCUT2D eigenvalue weighted by Crippen LogP contribution is -2.33. The minimum Gasteiger partial charge on any atom is -0.349 e. The first kappa shape index (κ1) is 14.9. The molecule has 7 heteroatoms. The molecule has 0 fully saturated rings. The number of hydrogen-bond donors (Lipinski definition) is 3. The van der Waals surface area contributed by atoms with Gasteiger partial charge in [-0.1, -0.05) is 0 Å². The summed E-state index contributed by atoms with van der Waals surface area (Å²) >= 11 is 0. The Labute approximate surface area is 113 Å². The number of hydrogen-bond acceptors (Lipinski definition) is 4. The van der Waals surface area contributed by atoms with Crippen LogP contribution >= 0.6 is 12.4 Å². The molecule has 1 amide bonds. The van der Waals surface area contributed by atoms with Crippen LogP contribution in [0.25, 0.3) is 0 Å². The van der Waals surface area contributed by atoms with E-state index < -0.39 is 0 Å². The largest absolute Gasteiger partial charge is 0.349 e. The molecule has 1 aliphatic heterocycles. The SMILES string of the molecule is CN(C)CCNC(=O)c1n[nH]c2c1CNCC2.Cl. The van der Waals surface area contributed by atoms with E-state index in [1.807, 2.05) is 19.0 Å². The first-order valence-corrected chi connectivity index (χ1v) is 5.88. The number of H-pyrrole nitrogens is 1. The summed E-state index contributed by atoms with van der Waals surface area (Å²) in [4.78, 5) is 13.9. The molecule has 0 radical (unpaired) electrons. The maximum atomic E-state index is 11.9. The molecule has 1 aromatic heterocycles. The highest BCUT2D eigenvalue weighted by molar-refractivity contribution is 5.94. The molecule has 0 atom stereocenters. The van der Waals surface area contributed by atoms with Gasteiger partial charge in [-0.25, -0.2) is 0 Å². The van der Waals surface area contributed by atoms with Gasteiger partial charge >= 0.3 is 0 Å². The van der Waals surface area contributed by atoms with E-state index in [0.717, 1.165) is 37.3 Å². The zero-order valence-electron chi connectivity index (χ0n) is 10.7. The number of halogens is 1. The van der Waals surface area contributed by atoms with Gasteiger partial charge in [0.25, 0.3) is 5.91 Å². The van der Waals surface area contributed by atoms with E-state index in [9.17, 15) is 4.79 Å². The number of carbonyl (C=O) groups excluding carboxylic acids is 1. The van der Waals surface area contributed by atoms with Gasteiger partial charge in [0.2, 0.25) is 0 Å². The molecular formula is C11H20ClN5O. The molecule has 102 valence electrons. The molecule has 6 nitrogen and oxygen atoms in total. The summed E-state index contributed by atoms with van der Waals surface area (Å²) in [6, 6.07) is 0. The molecular weight excluding hydrogens is 254 g/mol. The molecule has 0 spiro atoms. The van der Waals surface area contributed by atoms with Gasteiger partial charge in [0.1, 0.15) is 0 Å². The van der Waals surface area contributed by atoms with Crippen LogP contribution in [0.15, 0.2) is 0 Å². The summed E-state index contributed by atoms with van der Waals surface area (Å²) in [5.41, 5.74) is 2.63. The molecule has 2 rings (SSSR count). The Morgan fingerprint density at radius 1 is 1.50 bits per heavy atom. The van der Waals surface area contributed by atoms with Gasteiger partial charge in [0, 0.05) is 43.9 Å². The molecule has 1 aliphatic rings. The lowest BCUT2D eigenvalue weighted by atomic mass is 10.1. The average Bonchev–Trinajstić information content (AvgIpc) is 2.72. The Balaban J connectivity index is 0.00000162. The monoisotopic (exact) mass is 273 g/mol. The Morgan fingerprint density at radius 3 is 3.00 bits per heavy atom. The van der Waals surface area contributed by atoms with Crippen molar-refractivity contribution in [2.45, 2.75) is 13.0 Å². The summed E-state index contributed by atoms with van der Waals surface area (Å²) < 4.78 is 0. The zero-order valence-corrected chi connectivity index (χ0v) is 11.6. The summed E-state index contributed by atoms with van der Waals surface area (Å²) in [6.45, 7) is 3.14. The second kappa shape index (κ2) is 6.72. The van der Waals surface area contributed by atoms with Crippen LogP contribution in [0.1, 0.15) is 21.7 Å². The fraction of sp³-hybridized carbons (Fsp3) is 0.636. The quantitative estimate of drug-likeness (QED) is 0.709. The van der Waals surface area contributed by atoms with Gasteiger partial charge in [-0.3, -0.25) is 9.89 Å². The number of nitrogens with one attached hydrogen (secondary N) is 3. The lowest BCUT2D eigenvalue weighted by molar-refractivity contribution is 0.0945. The van der Waals surface area contributed by atoms with Crippen molar-refractivity contribution in [3.8, 4) is 0 Å². The third-order valence-corrected chi connectivity index (χ3v) is 2.87. The van der Waals surface area contributed by atoms with Gasteiger partial charge in [-0.2, -0.15) is 5.10 Å². The van der Waals surface area contributed by atoms with Crippen molar-refractivity contribution in [1.29, 1.82) is 0 Å². The van der Waals surface area contributed by atoms with Gasteiger partial charge in [-0.15, -0.1) is 12.4 Å². The maximum absolute atomic E-state index is 11.9. The number of rotatable bonds is 4. The third kappa shape index (κ3) is 3.44. The molecule has 3 N–H and O–H groups in total. The summed E-state index contributed by atoms with van der Waals surface area (Å²) in [5.74, 6) is -0.0898. The van der Waals surface area contributed by atoms with Gasteiger partial charge < -0.3 is 15.5 Å². The maximum Gasteiger partial charge on any atom is 0.272 e. The third-order valence-electron chi connectivity index (χ3n) is 2.87. The predicted molar refractivity (Wildman–Crippen MR) is 72.1 cm³/mol. The Kier molecular flexibility index (Phi) is 5.58. The molecule has 2 heterocycles. The molecule has 0 aliphatic carbocycles. The molecule has 0 bridgehead atoms. The van der Waals surface area contributed by atoms with Crippen LogP contribution in [0.3, 0.4) is 0 Å². The van der Waals surface area contributed by atoms with Crippen molar-refractivity contribution in [3.63, 3.8) is 0 Å². The van der Waals surface area contributed by atoms with Crippen LogP contribution in [0, 0.1) is 0 Å². The number of amides is 1. The fourth-order valence-electron chi connectivity index (χ4n) is 1.89. The second-order valence-corrected chi connectivity index (χ2v) is 4.52. The van der Waals surface area contributed by atoms with E-state index in [-0.39, 0.29) is 18.3 Å². The van der Waals surface area contributed by atoms with Crippen molar-refractivity contribution in [2.75, 3.05) is 33.7 Å². The standard InChI is InChI=1S/C11H19N5O.ClH/c1-16(2)6-5-13-11(17)10-8-7-12-4-3-9(8)14-15-10;/h12H,3-7H2,1-2H3,(H,13,17)(H,14,15);1H. The van der Waals surface area contributed by atoms with E-state index >= 15 is 0 Å². The van der Waals surface area contributed by atoms with E-state index in [1.54, 1.807) is 0 Å². The molecule has 0 unspecified atom stereocenters. The fourth-order valence-corrected chi connectivity index (χ4v) is 1.89. The zero-order chi connectivity index (χ0) is 12.3. The Bertz CT molecular complexity index is 404. The average molecular weight is 274 g/mol. The summed E-state index contributed by atoms with van der Waals surface area (Å²) in [7, 11) is 3.96. The normalized spacial score (nSPS) is 13.9.